The van der Waals surface area contributed by atoms with Gasteiger partial charge in [0.1, 0.15) is 5.82 Å². The van der Waals surface area contributed by atoms with Crippen LogP contribution in [0.5, 0.6) is 0 Å². The molecule has 0 saturated carbocycles. The minimum absolute atomic E-state index is 0.199. The van der Waals surface area contributed by atoms with E-state index in [2.05, 4.69) is 21.2 Å². The van der Waals surface area contributed by atoms with E-state index < -0.39 is 10.8 Å². The minimum atomic E-state index is -0.743. The zero-order chi connectivity index (χ0) is 12.0. The van der Waals surface area contributed by atoms with E-state index in [1.807, 2.05) is 0 Å². The van der Waals surface area contributed by atoms with Gasteiger partial charge in [0.15, 0.2) is 0 Å². The van der Waals surface area contributed by atoms with Crippen LogP contribution in [0.25, 0.3) is 0 Å². The van der Waals surface area contributed by atoms with Gasteiger partial charge in [0.05, 0.1) is 0 Å². The topological polar surface area (TPSA) is 29.1 Å². The van der Waals surface area contributed by atoms with Crippen LogP contribution in [0.2, 0.25) is 0 Å². The van der Waals surface area contributed by atoms with E-state index in [-0.39, 0.29) is 5.82 Å². The molecule has 5 heteroatoms. The molecule has 0 fully saturated rings. The summed E-state index contributed by atoms with van der Waals surface area (Å²) in [7, 11) is -0.743. The van der Waals surface area contributed by atoms with E-state index in [4.69, 9.17) is 0 Å². The van der Waals surface area contributed by atoms with Crippen molar-refractivity contribution in [3.63, 3.8) is 0 Å². The quantitative estimate of drug-likeness (QED) is 0.818. The Labute approximate surface area is 106 Å². The molecule has 1 N–H and O–H groups in total. The van der Waals surface area contributed by atoms with E-state index in [9.17, 15) is 8.60 Å². The molecular weight excluding hydrogens is 293 g/mol. The molecule has 0 heterocycles. The van der Waals surface area contributed by atoms with Crippen LogP contribution >= 0.6 is 15.9 Å². The van der Waals surface area contributed by atoms with Crippen molar-refractivity contribution < 1.29 is 8.60 Å². The highest BCUT2D eigenvalue weighted by molar-refractivity contribution is 9.10. The van der Waals surface area contributed by atoms with Gasteiger partial charge in [-0.25, -0.2) is 4.39 Å². The minimum Gasteiger partial charge on any atom is -0.313 e. The molecule has 0 aromatic heterocycles. The molecule has 0 aliphatic carbocycles. The Hall–Kier alpha value is -0.260. The Bertz CT molecular complexity index is 373. The lowest BCUT2D eigenvalue weighted by Crippen LogP contribution is -2.17. The Morgan fingerprint density at radius 1 is 1.50 bits per heavy atom. The predicted octanol–water partition coefficient (Wildman–Crippen LogP) is 2.45. The Morgan fingerprint density at radius 2 is 2.25 bits per heavy atom. The average Bonchev–Trinajstić information content (AvgIpc) is 2.22. The lowest BCUT2D eigenvalue weighted by molar-refractivity contribution is 0.586. The first kappa shape index (κ1) is 13.8. The summed E-state index contributed by atoms with van der Waals surface area (Å²) in [5.41, 5.74) is 0.645. The van der Waals surface area contributed by atoms with Gasteiger partial charge in [-0.2, -0.15) is 0 Å². The lowest BCUT2D eigenvalue weighted by atomic mass is 10.2. The molecule has 0 amide bonds. The molecule has 0 bridgehead atoms. The third-order valence-corrected chi connectivity index (χ3v) is 3.47. The maximum Gasteiger partial charge on any atom is 0.127 e. The van der Waals surface area contributed by atoms with E-state index >= 15 is 0 Å². The lowest BCUT2D eigenvalue weighted by Gasteiger charge is -2.06. The van der Waals surface area contributed by atoms with E-state index in [1.54, 1.807) is 18.4 Å². The van der Waals surface area contributed by atoms with Gasteiger partial charge in [-0.3, -0.25) is 4.21 Å². The van der Waals surface area contributed by atoms with Gasteiger partial charge in [-0.05, 0) is 31.2 Å². The molecule has 0 radical (unpaired) electrons. The molecule has 2 nitrogen and oxygen atoms in total. The molecule has 0 saturated heterocycles. The summed E-state index contributed by atoms with van der Waals surface area (Å²) < 4.78 is 25.0. The van der Waals surface area contributed by atoms with Gasteiger partial charge in [-0.15, -0.1) is 0 Å². The van der Waals surface area contributed by atoms with Crippen molar-refractivity contribution in [2.24, 2.45) is 0 Å². The fourth-order valence-corrected chi connectivity index (χ4v) is 2.26. The van der Waals surface area contributed by atoms with E-state index in [0.29, 0.717) is 17.9 Å². The third-order valence-electron chi connectivity index (χ3n) is 2.11. The molecule has 16 heavy (non-hydrogen) atoms. The molecule has 0 spiro atoms. The molecule has 0 aliphatic heterocycles. The van der Waals surface area contributed by atoms with Crippen molar-refractivity contribution in [2.45, 2.75) is 13.0 Å². The molecule has 1 rings (SSSR count). The third kappa shape index (κ3) is 5.18. The van der Waals surface area contributed by atoms with Gasteiger partial charge in [-0.1, -0.05) is 15.9 Å². The first-order valence-corrected chi connectivity index (χ1v) is 7.56. The van der Waals surface area contributed by atoms with Crippen LogP contribution in [0.1, 0.15) is 12.0 Å². The SMILES string of the molecule is CS(=O)CCCNCc1cc(Br)ccc1F. The Morgan fingerprint density at radius 3 is 2.94 bits per heavy atom. The summed E-state index contributed by atoms with van der Waals surface area (Å²) in [6.07, 6.45) is 2.53. The summed E-state index contributed by atoms with van der Waals surface area (Å²) >= 11 is 3.30. The molecular formula is C11H15BrFNOS. The summed E-state index contributed by atoms with van der Waals surface area (Å²) in [6, 6.07) is 4.89. The van der Waals surface area contributed by atoms with Gasteiger partial charge >= 0.3 is 0 Å². The number of hydrogen-bond acceptors (Lipinski definition) is 2. The van der Waals surface area contributed by atoms with Crippen LogP contribution in [0.15, 0.2) is 22.7 Å². The van der Waals surface area contributed by atoms with E-state index in [1.165, 1.54) is 6.07 Å². The first-order valence-electron chi connectivity index (χ1n) is 5.04. The van der Waals surface area contributed by atoms with Gasteiger partial charge in [0, 0.05) is 39.4 Å². The van der Waals surface area contributed by atoms with Crippen molar-refractivity contribution in [3.05, 3.63) is 34.1 Å². The maximum atomic E-state index is 13.3. The van der Waals surface area contributed by atoms with Gasteiger partial charge in [0.2, 0.25) is 0 Å². The summed E-state index contributed by atoms with van der Waals surface area (Å²) in [6.45, 7) is 1.26. The highest BCUT2D eigenvalue weighted by Gasteiger charge is 2.01. The van der Waals surface area contributed by atoms with Crippen LogP contribution in [-0.4, -0.2) is 22.8 Å². The van der Waals surface area contributed by atoms with Crippen molar-refractivity contribution in [2.75, 3.05) is 18.6 Å². The second-order valence-electron chi connectivity index (χ2n) is 3.54. The zero-order valence-electron chi connectivity index (χ0n) is 9.13. The Kier molecular flexibility index (Phi) is 6.16. The number of nitrogens with one attached hydrogen (secondary N) is 1. The standard InChI is InChI=1S/C11H15BrFNOS/c1-16(15)6-2-5-14-8-9-7-10(12)3-4-11(9)13/h3-4,7,14H,2,5-6,8H2,1H3. The molecule has 1 atom stereocenters. The maximum absolute atomic E-state index is 13.3. The van der Waals surface area contributed by atoms with Crippen LogP contribution in [0.4, 0.5) is 4.39 Å². The number of benzene rings is 1. The number of halogens is 2. The summed E-state index contributed by atoms with van der Waals surface area (Å²) in [5.74, 6) is 0.489. The fraction of sp³-hybridized carbons (Fsp3) is 0.455. The number of hydrogen-bond donors (Lipinski definition) is 1. The van der Waals surface area contributed by atoms with Crippen molar-refractivity contribution in [1.82, 2.24) is 5.32 Å². The summed E-state index contributed by atoms with van der Waals surface area (Å²) in [4.78, 5) is 0. The summed E-state index contributed by atoms with van der Waals surface area (Å²) in [5, 5.41) is 3.13. The van der Waals surface area contributed by atoms with Gasteiger partial charge in [0.25, 0.3) is 0 Å². The second-order valence-corrected chi connectivity index (χ2v) is 6.01. The number of rotatable bonds is 6. The molecule has 1 unspecified atom stereocenters. The van der Waals surface area contributed by atoms with Crippen molar-refractivity contribution in [3.8, 4) is 0 Å². The highest BCUT2D eigenvalue weighted by atomic mass is 79.9. The molecule has 1 aromatic rings. The Balaban J connectivity index is 2.31. The van der Waals surface area contributed by atoms with Crippen LogP contribution in [0, 0.1) is 5.82 Å². The van der Waals surface area contributed by atoms with Crippen LogP contribution in [0.3, 0.4) is 0 Å². The normalized spacial score (nSPS) is 12.7. The fourth-order valence-electron chi connectivity index (χ4n) is 1.30. The molecule has 90 valence electrons. The van der Waals surface area contributed by atoms with Gasteiger partial charge < -0.3 is 5.32 Å². The van der Waals surface area contributed by atoms with Crippen LogP contribution < -0.4 is 5.32 Å². The second kappa shape index (κ2) is 7.14. The van der Waals surface area contributed by atoms with Crippen molar-refractivity contribution >= 4 is 26.7 Å². The largest absolute Gasteiger partial charge is 0.313 e. The average molecular weight is 308 g/mol. The zero-order valence-corrected chi connectivity index (χ0v) is 11.5. The van der Waals surface area contributed by atoms with Crippen molar-refractivity contribution in [1.29, 1.82) is 0 Å². The first-order chi connectivity index (χ1) is 7.59. The molecule has 1 aromatic carbocycles. The predicted molar refractivity (Wildman–Crippen MR) is 69.4 cm³/mol. The smallest absolute Gasteiger partial charge is 0.127 e. The monoisotopic (exact) mass is 307 g/mol. The highest BCUT2D eigenvalue weighted by Crippen LogP contribution is 2.15. The van der Waals surface area contributed by atoms with E-state index in [0.717, 1.165) is 17.4 Å². The molecule has 0 aliphatic rings. The van der Waals surface area contributed by atoms with Crippen LogP contribution in [-0.2, 0) is 17.3 Å².